The van der Waals surface area contributed by atoms with Crippen LogP contribution in [0.5, 0.6) is 0 Å². The van der Waals surface area contributed by atoms with Crippen molar-refractivity contribution in [2.75, 3.05) is 0 Å². The van der Waals surface area contributed by atoms with Crippen LogP contribution in [0.3, 0.4) is 0 Å². The summed E-state index contributed by atoms with van der Waals surface area (Å²) >= 11 is 0. The van der Waals surface area contributed by atoms with Gasteiger partial charge in [0, 0.05) is 11.1 Å². The van der Waals surface area contributed by atoms with Crippen LogP contribution in [0, 0.1) is 0 Å². The molecule has 0 amide bonds. The number of aryl methyl sites for hydroxylation is 2. The Morgan fingerprint density at radius 3 is 2.57 bits per heavy atom. The van der Waals surface area contributed by atoms with Gasteiger partial charge in [0.05, 0.1) is 17.0 Å². The SMILES string of the molecule is CC(=Nc1ccc2c(c1)CCC2)C1=C(O)c2ccccc2C1=O. The molecule has 0 bridgehead atoms. The first-order valence-electron chi connectivity index (χ1n) is 7.90. The Hall–Kier alpha value is -2.68. The Morgan fingerprint density at radius 1 is 1.04 bits per heavy atom. The lowest BCUT2D eigenvalue weighted by Gasteiger charge is -2.04. The van der Waals surface area contributed by atoms with Gasteiger partial charge in [-0.25, -0.2) is 0 Å². The number of aliphatic hydroxyl groups is 1. The lowest BCUT2D eigenvalue weighted by molar-refractivity contribution is 0.104. The lowest BCUT2D eigenvalue weighted by atomic mass is 10.1. The van der Waals surface area contributed by atoms with E-state index in [0.717, 1.165) is 18.5 Å². The van der Waals surface area contributed by atoms with Gasteiger partial charge in [0.1, 0.15) is 5.76 Å². The number of carbonyl (C=O) groups excluding carboxylic acids is 1. The molecule has 3 heteroatoms. The monoisotopic (exact) mass is 303 g/mol. The number of carbonyl (C=O) groups is 1. The summed E-state index contributed by atoms with van der Waals surface area (Å²) in [6, 6.07) is 13.3. The van der Waals surface area contributed by atoms with Crippen molar-refractivity contribution in [3.63, 3.8) is 0 Å². The summed E-state index contributed by atoms with van der Waals surface area (Å²) in [6.45, 7) is 1.78. The number of benzene rings is 2. The van der Waals surface area contributed by atoms with E-state index in [0.29, 0.717) is 22.4 Å². The number of fused-ring (bicyclic) bond motifs is 2. The molecule has 1 N–H and O–H groups in total. The van der Waals surface area contributed by atoms with Gasteiger partial charge < -0.3 is 5.11 Å². The molecule has 0 spiro atoms. The summed E-state index contributed by atoms with van der Waals surface area (Å²) in [6.07, 6.45) is 3.43. The molecule has 0 unspecified atom stereocenters. The highest BCUT2D eigenvalue weighted by Crippen LogP contribution is 2.33. The van der Waals surface area contributed by atoms with E-state index in [1.165, 1.54) is 17.5 Å². The number of Topliss-reactive ketones (excluding diaryl/α,β-unsaturated/α-hetero) is 1. The molecule has 2 aromatic rings. The lowest BCUT2D eigenvalue weighted by Crippen LogP contribution is -2.07. The summed E-state index contributed by atoms with van der Waals surface area (Å²) in [5, 5.41) is 10.4. The van der Waals surface area contributed by atoms with Gasteiger partial charge in [-0.05, 0) is 49.4 Å². The van der Waals surface area contributed by atoms with Crippen molar-refractivity contribution in [2.24, 2.45) is 4.99 Å². The first kappa shape index (κ1) is 13.9. The quantitative estimate of drug-likeness (QED) is 0.834. The molecule has 2 aromatic carbocycles. The third-order valence-corrected chi connectivity index (χ3v) is 4.63. The van der Waals surface area contributed by atoms with Crippen molar-refractivity contribution in [3.05, 3.63) is 70.3 Å². The Balaban J connectivity index is 1.74. The fourth-order valence-corrected chi connectivity index (χ4v) is 3.48. The van der Waals surface area contributed by atoms with Crippen molar-refractivity contribution in [3.8, 4) is 0 Å². The largest absolute Gasteiger partial charge is 0.506 e. The molecule has 0 atom stereocenters. The summed E-state index contributed by atoms with van der Waals surface area (Å²) in [4.78, 5) is 17.1. The summed E-state index contributed by atoms with van der Waals surface area (Å²) in [7, 11) is 0. The topological polar surface area (TPSA) is 49.7 Å². The highest BCUT2D eigenvalue weighted by molar-refractivity contribution is 6.35. The number of aliphatic hydroxyl groups excluding tert-OH is 1. The molecule has 0 aromatic heterocycles. The summed E-state index contributed by atoms with van der Waals surface area (Å²) in [5.74, 6) is -0.117. The van der Waals surface area contributed by atoms with Gasteiger partial charge in [0.25, 0.3) is 0 Å². The minimum absolute atomic E-state index is 0.0352. The minimum Gasteiger partial charge on any atom is -0.506 e. The van der Waals surface area contributed by atoms with Crippen molar-refractivity contribution < 1.29 is 9.90 Å². The van der Waals surface area contributed by atoms with Crippen molar-refractivity contribution in [2.45, 2.75) is 26.2 Å². The van der Waals surface area contributed by atoms with Crippen LogP contribution < -0.4 is 0 Å². The molecule has 0 saturated heterocycles. The summed E-state index contributed by atoms with van der Waals surface area (Å²) in [5.41, 5.74) is 5.59. The zero-order chi connectivity index (χ0) is 16.0. The fourth-order valence-electron chi connectivity index (χ4n) is 3.48. The molecule has 23 heavy (non-hydrogen) atoms. The van der Waals surface area contributed by atoms with Crippen LogP contribution in [0.2, 0.25) is 0 Å². The van der Waals surface area contributed by atoms with Gasteiger partial charge in [-0.3, -0.25) is 9.79 Å². The highest BCUT2D eigenvalue weighted by Gasteiger charge is 2.30. The maximum absolute atomic E-state index is 12.5. The molecular weight excluding hydrogens is 286 g/mol. The van der Waals surface area contributed by atoms with Crippen LogP contribution in [0.25, 0.3) is 5.76 Å². The van der Waals surface area contributed by atoms with Crippen molar-refractivity contribution in [1.29, 1.82) is 0 Å². The average molecular weight is 303 g/mol. The van der Waals surface area contributed by atoms with E-state index in [-0.39, 0.29) is 11.5 Å². The standard InChI is InChI=1S/C20H17NO2/c1-12(21-15-10-9-13-5-4-6-14(13)11-15)18-19(22)16-7-2-3-8-17(16)20(18)23/h2-3,7-11,22H,4-6H2,1H3. The second-order valence-corrected chi connectivity index (χ2v) is 6.10. The van der Waals surface area contributed by atoms with Crippen LogP contribution in [0.1, 0.15) is 40.4 Å². The number of hydrogen-bond acceptors (Lipinski definition) is 3. The van der Waals surface area contributed by atoms with E-state index in [9.17, 15) is 9.90 Å². The molecule has 0 radical (unpaired) electrons. The van der Waals surface area contributed by atoms with Crippen LogP contribution >= 0.6 is 0 Å². The molecule has 2 aliphatic carbocycles. The Labute approximate surface area is 135 Å². The van der Waals surface area contributed by atoms with Crippen LogP contribution in [0.4, 0.5) is 5.69 Å². The summed E-state index contributed by atoms with van der Waals surface area (Å²) < 4.78 is 0. The van der Waals surface area contributed by atoms with Crippen molar-refractivity contribution in [1.82, 2.24) is 0 Å². The smallest absolute Gasteiger partial charge is 0.199 e. The van der Waals surface area contributed by atoms with E-state index in [2.05, 4.69) is 17.1 Å². The minimum atomic E-state index is -0.152. The Morgan fingerprint density at radius 2 is 1.78 bits per heavy atom. The predicted molar refractivity (Wildman–Crippen MR) is 91.6 cm³/mol. The molecule has 4 rings (SSSR count). The molecular formula is C20H17NO2. The zero-order valence-corrected chi connectivity index (χ0v) is 13.0. The second kappa shape index (κ2) is 5.20. The zero-order valence-electron chi connectivity index (χ0n) is 13.0. The van der Waals surface area contributed by atoms with E-state index in [4.69, 9.17) is 0 Å². The molecule has 2 aliphatic rings. The van der Waals surface area contributed by atoms with Gasteiger partial charge in [-0.1, -0.05) is 30.3 Å². The fraction of sp³-hybridized carbons (Fsp3) is 0.200. The number of rotatable bonds is 2. The van der Waals surface area contributed by atoms with Gasteiger partial charge in [-0.2, -0.15) is 0 Å². The normalized spacial score (nSPS) is 16.7. The first-order chi connectivity index (χ1) is 11.1. The molecule has 0 fully saturated rings. The van der Waals surface area contributed by atoms with Gasteiger partial charge in [0.2, 0.25) is 0 Å². The molecule has 0 heterocycles. The number of aliphatic imine (C=N–C) groups is 1. The maximum Gasteiger partial charge on any atom is 0.199 e. The number of ketones is 1. The number of nitrogens with zero attached hydrogens (tertiary/aromatic N) is 1. The van der Waals surface area contributed by atoms with Crippen LogP contribution in [-0.2, 0) is 12.8 Å². The van der Waals surface area contributed by atoms with E-state index < -0.39 is 0 Å². The molecule has 0 aliphatic heterocycles. The molecule has 0 saturated carbocycles. The Bertz CT molecular complexity index is 890. The maximum atomic E-state index is 12.5. The number of allylic oxidation sites excluding steroid dienone is 1. The third kappa shape index (κ3) is 2.20. The van der Waals surface area contributed by atoms with E-state index >= 15 is 0 Å². The second-order valence-electron chi connectivity index (χ2n) is 6.10. The number of hydrogen-bond donors (Lipinski definition) is 1. The average Bonchev–Trinajstić information content (AvgIpc) is 3.11. The van der Waals surface area contributed by atoms with Gasteiger partial charge >= 0.3 is 0 Å². The van der Waals surface area contributed by atoms with Crippen LogP contribution in [0.15, 0.2) is 53.0 Å². The first-order valence-corrected chi connectivity index (χ1v) is 7.90. The Kier molecular flexibility index (Phi) is 3.15. The van der Waals surface area contributed by atoms with Gasteiger partial charge in [-0.15, -0.1) is 0 Å². The van der Waals surface area contributed by atoms with Crippen LogP contribution in [-0.4, -0.2) is 16.6 Å². The third-order valence-electron chi connectivity index (χ3n) is 4.63. The van der Waals surface area contributed by atoms with E-state index in [1.54, 1.807) is 25.1 Å². The van der Waals surface area contributed by atoms with E-state index in [1.807, 2.05) is 12.1 Å². The predicted octanol–water partition coefficient (Wildman–Crippen LogP) is 4.43. The molecule has 114 valence electrons. The highest BCUT2D eigenvalue weighted by atomic mass is 16.3. The van der Waals surface area contributed by atoms with Gasteiger partial charge in [0.15, 0.2) is 5.78 Å². The molecule has 3 nitrogen and oxygen atoms in total. The van der Waals surface area contributed by atoms with Crippen molar-refractivity contribution >= 4 is 22.9 Å².